The van der Waals surface area contributed by atoms with Crippen molar-refractivity contribution in [3.63, 3.8) is 0 Å². The van der Waals surface area contributed by atoms with Gasteiger partial charge in [0.2, 0.25) is 0 Å². The Morgan fingerprint density at radius 3 is 2.12 bits per heavy atom. The van der Waals surface area contributed by atoms with Crippen molar-refractivity contribution in [2.45, 2.75) is 6.42 Å². The number of likely N-dealkylation sites (N-methyl/N-ethyl adjacent to an activating group) is 1. The average Bonchev–Trinajstić information content (AvgIpc) is 2.16. The predicted octanol–water partition coefficient (Wildman–Crippen LogP) is 2.32. The Labute approximate surface area is 130 Å². The maximum Gasteiger partial charge on any atom is 0.0298 e. The van der Waals surface area contributed by atoms with Gasteiger partial charge in [0.25, 0.3) is 0 Å². The first-order valence-corrected chi connectivity index (χ1v) is 4.14. The van der Waals surface area contributed by atoms with Gasteiger partial charge in [-0.15, -0.1) is 6.54 Å². The Kier molecular flexibility index (Phi) is 29.7. The van der Waals surface area contributed by atoms with E-state index in [-0.39, 0.29) is 61.9 Å². The van der Waals surface area contributed by atoms with Gasteiger partial charge >= 0.3 is 0 Å². The third-order valence-electron chi connectivity index (χ3n) is 2.32. The molecule has 0 aromatic carbocycles. The summed E-state index contributed by atoms with van der Waals surface area (Å²) in [6.07, 6.45) is 1.09. The molecule has 99 valence electrons. The molecule has 0 aromatic heterocycles. The summed E-state index contributed by atoms with van der Waals surface area (Å²) in [5.41, 5.74) is 1.25. The summed E-state index contributed by atoms with van der Waals surface area (Å²) in [6, 6.07) is 0. The van der Waals surface area contributed by atoms with E-state index in [2.05, 4.69) is 30.4 Å². The topological polar surface area (TPSA) is 6.48 Å². The molecule has 0 aromatic rings. The van der Waals surface area contributed by atoms with E-state index in [4.69, 9.17) is 0 Å². The van der Waals surface area contributed by atoms with Crippen molar-refractivity contribution < 1.29 is 39.6 Å². The molecule has 0 unspecified atom stereocenters. The van der Waals surface area contributed by atoms with Gasteiger partial charge in [0.1, 0.15) is 0 Å². The molecular formula is C12H26N2VW-4. The SMILES string of the molecule is C=C1CCN(C[CH2-])CCN1C.[CH3-].[CH3-].[CH3-].[V].[W]. The fraction of sp³-hybridized carbons (Fsp3) is 0.500. The van der Waals surface area contributed by atoms with Crippen LogP contribution in [0.4, 0.5) is 0 Å². The second-order valence-electron chi connectivity index (χ2n) is 3.08. The van der Waals surface area contributed by atoms with Gasteiger partial charge in [0, 0.05) is 72.0 Å². The minimum absolute atomic E-state index is 0. The molecule has 1 rings (SSSR count). The van der Waals surface area contributed by atoms with Gasteiger partial charge in [-0.05, 0) is 6.42 Å². The van der Waals surface area contributed by atoms with Gasteiger partial charge in [-0.2, -0.15) is 0 Å². The zero-order valence-electron chi connectivity index (χ0n) is 11.2. The number of nitrogens with zero attached hydrogens (tertiary/aromatic N) is 2. The van der Waals surface area contributed by atoms with Crippen LogP contribution in [0.1, 0.15) is 6.42 Å². The number of hydrogen-bond acceptors (Lipinski definition) is 2. The second kappa shape index (κ2) is 15.8. The Morgan fingerprint density at radius 1 is 1.19 bits per heavy atom. The van der Waals surface area contributed by atoms with Crippen LogP contribution >= 0.6 is 0 Å². The van der Waals surface area contributed by atoms with E-state index < -0.39 is 0 Å². The molecule has 16 heavy (non-hydrogen) atoms. The molecule has 1 aliphatic heterocycles. The van der Waals surface area contributed by atoms with Crippen molar-refractivity contribution in [2.24, 2.45) is 0 Å². The van der Waals surface area contributed by atoms with Crippen LogP contribution in [0.2, 0.25) is 0 Å². The van der Waals surface area contributed by atoms with Gasteiger partial charge in [-0.3, -0.25) is 0 Å². The third kappa shape index (κ3) is 9.96. The zero-order valence-corrected chi connectivity index (χ0v) is 15.5. The van der Waals surface area contributed by atoms with Crippen LogP contribution in [0.15, 0.2) is 12.3 Å². The summed E-state index contributed by atoms with van der Waals surface area (Å²) in [5, 5.41) is 0. The zero-order chi connectivity index (χ0) is 8.27. The summed E-state index contributed by atoms with van der Waals surface area (Å²) in [7, 11) is 2.11. The Morgan fingerprint density at radius 2 is 1.69 bits per heavy atom. The molecule has 1 saturated heterocycles. The molecule has 1 radical (unpaired) electrons. The average molecular weight is 433 g/mol. The van der Waals surface area contributed by atoms with Gasteiger partial charge in [0.15, 0.2) is 0 Å². The molecule has 1 heterocycles. The fourth-order valence-corrected chi connectivity index (χ4v) is 1.26. The second-order valence-corrected chi connectivity index (χ2v) is 3.08. The first kappa shape index (κ1) is 30.1. The summed E-state index contributed by atoms with van der Waals surface area (Å²) >= 11 is 0. The summed E-state index contributed by atoms with van der Waals surface area (Å²) in [5.74, 6) is 0. The fourth-order valence-electron chi connectivity index (χ4n) is 1.26. The molecule has 1 aliphatic rings. The largest absolute Gasteiger partial charge is 0.377 e. The molecule has 0 bridgehead atoms. The van der Waals surface area contributed by atoms with Gasteiger partial charge < -0.3 is 39.0 Å². The van der Waals surface area contributed by atoms with E-state index in [0.717, 1.165) is 32.6 Å². The van der Waals surface area contributed by atoms with Crippen molar-refractivity contribution in [1.29, 1.82) is 0 Å². The molecule has 0 amide bonds. The summed E-state index contributed by atoms with van der Waals surface area (Å²) in [4.78, 5) is 4.59. The predicted molar refractivity (Wildman–Crippen MR) is 67.4 cm³/mol. The van der Waals surface area contributed by atoms with Crippen LogP contribution in [-0.2, 0) is 39.6 Å². The summed E-state index contributed by atoms with van der Waals surface area (Å²) in [6.45, 7) is 12.1. The molecule has 0 aliphatic carbocycles. The monoisotopic (exact) mass is 433 g/mol. The molecule has 0 N–H and O–H groups in total. The van der Waals surface area contributed by atoms with Crippen LogP contribution in [0.3, 0.4) is 0 Å². The maximum absolute atomic E-state index is 4.00. The third-order valence-corrected chi connectivity index (χ3v) is 2.32. The first-order valence-electron chi connectivity index (χ1n) is 4.14. The smallest absolute Gasteiger partial charge is 0.0298 e. The number of hydrogen-bond donors (Lipinski definition) is 0. The van der Waals surface area contributed by atoms with Crippen molar-refractivity contribution in [3.05, 3.63) is 41.5 Å². The molecule has 4 heteroatoms. The van der Waals surface area contributed by atoms with Crippen LogP contribution in [-0.4, -0.2) is 43.0 Å². The van der Waals surface area contributed by atoms with E-state index in [9.17, 15) is 0 Å². The standard InChI is InChI=1S/C9H17N2.3CH3.V.W/c1-4-11-6-5-9(2)10(3)7-8-11;;;;;/h1-2,4-8H2,3H3;3*1H3;;/q4*-1;;. The minimum atomic E-state index is 0. The quantitative estimate of drug-likeness (QED) is 0.586. The first-order chi connectivity index (χ1) is 5.24. The Bertz CT molecular complexity index is 154. The van der Waals surface area contributed by atoms with Crippen LogP contribution in [0.25, 0.3) is 0 Å². The molecule has 0 atom stereocenters. The van der Waals surface area contributed by atoms with Crippen molar-refractivity contribution in [2.75, 3.05) is 33.2 Å². The molecular weight excluding hydrogens is 407 g/mol. The van der Waals surface area contributed by atoms with Gasteiger partial charge in [-0.25, -0.2) is 0 Å². The van der Waals surface area contributed by atoms with Gasteiger partial charge in [0.05, 0.1) is 0 Å². The normalized spacial score (nSPS) is 15.1. The Balaban J connectivity index is -0.0000000807. The molecule has 1 fully saturated rings. The maximum atomic E-state index is 4.00. The molecule has 0 spiro atoms. The van der Waals surface area contributed by atoms with Crippen molar-refractivity contribution in [1.82, 2.24) is 9.80 Å². The van der Waals surface area contributed by atoms with Crippen LogP contribution in [0, 0.1) is 29.2 Å². The Hall–Kier alpha value is 0.773. The summed E-state index contributed by atoms with van der Waals surface area (Å²) < 4.78 is 0. The molecule has 2 nitrogen and oxygen atoms in total. The van der Waals surface area contributed by atoms with Crippen molar-refractivity contribution >= 4 is 0 Å². The van der Waals surface area contributed by atoms with E-state index in [1.165, 1.54) is 5.70 Å². The number of rotatable bonds is 1. The van der Waals surface area contributed by atoms with Crippen LogP contribution in [0.5, 0.6) is 0 Å². The van der Waals surface area contributed by atoms with E-state index >= 15 is 0 Å². The minimum Gasteiger partial charge on any atom is -0.377 e. The van der Waals surface area contributed by atoms with E-state index in [1.54, 1.807) is 0 Å². The van der Waals surface area contributed by atoms with Crippen molar-refractivity contribution in [3.8, 4) is 0 Å². The molecule has 0 saturated carbocycles. The van der Waals surface area contributed by atoms with E-state index in [1.807, 2.05) is 0 Å². The van der Waals surface area contributed by atoms with Crippen LogP contribution < -0.4 is 0 Å². The van der Waals surface area contributed by atoms with E-state index in [0.29, 0.717) is 0 Å². The van der Waals surface area contributed by atoms with Gasteiger partial charge in [-0.1, -0.05) is 6.58 Å².